The van der Waals surface area contributed by atoms with Crippen molar-refractivity contribution in [1.82, 2.24) is 19.9 Å². The summed E-state index contributed by atoms with van der Waals surface area (Å²) in [5.41, 5.74) is 4.86. The lowest BCUT2D eigenvalue weighted by Gasteiger charge is -2.52. The van der Waals surface area contributed by atoms with Gasteiger partial charge in [-0.15, -0.1) is 5.10 Å². The number of hydrogen-bond donors (Lipinski definition) is 1. The number of fused-ring (bicyclic) bond motifs is 1. The van der Waals surface area contributed by atoms with Gasteiger partial charge in [0, 0.05) is 41.4 Å². The van der Waals surface area contributed by atoms with Crippen LogP contribution in [0.2, 0.25) is 10.0 Å². The van der Waals surface area contributed by atoms with Gasteiger partial charge in [-0.2, -0.15) is 0 Å². The summed E-state index contributed by atoms with van der Waals surface area (Å²) in [7, 11) is 0. The van der Waals surface area contributed by atoms with E-state index in [1.165, 1.54) is 24.1 Å². The predicted molar refractivity (Wildman–Crippen MR) is 156 cm³/mol. The van der Waals surface area contributed by atoms with E-state index in [0.29, 0.717) is 27.9 Å². The standard InChI is InChI=1S/C30H37Cl2N5O2/c1-4-19-10-23(12-27-28(19)33-34-37(27)18(2)25-8-7-22(31)11-26(25)32)36-16-21(17-36)20-6-5-9-35(15-20)24-13-30(3,14-24)29(38)39/h7-8,10-12,18,20-21,24H,4-6,9,13-17H2,1-3H3,(H,38,39)/t18-,20+,24?,30?/m1/s1. The minimum Gasteiger partial charge on any atom is -0.481 e. The number of benzene rings is 2. The van der Waals surface area contributed by atoms with Crippen LogP contribution >= 0.6 is 23.2 Å². The number of piperidine rings is 1. The van der Waals surface area contributed by atoms with Crippen LogP contribution in [0.25, 0.3) is 11.0 Å². The molecule has 2 aliphatic heterocycles. The van der Waals surface area contributed by atoms with E-state index in [1.807, 2.05) is 23.7 Å². The topological polar surface area (TPSA) is 74.5 Å². The molecule has 208 valence electrons. The van der Waals surface area contributed by atoms with Crippen LogP contribution in [0, 0.1) is 17.3 Å². The first-order valence-electron chi connectivity index (χ1n) is 14.2. The maximum absolute atomic E-state index is 11.6. The molecular weight excluding hydrogens is 533 g/mol. The Hall–Kier alpha value is -2.35. The Bertz CT molecular complexity index is 1400. The molecule has 2 aromatic carbocycles. The van der Waals surface area contributed by atoms with E-state index in [-0.39, 0.29) is 6.04 Å². The van der Waals surface area contributed by atoms with E-state index < -0.39 is 11.4 Å². The molecule has 3 aromatic rings. The number of nitrogens with zero attached hydrogens (tertiary/aromatic N) is 5. The van der Waals surface area contributed by atoms with Gasteiger partial charge in [-0.1, -0.05) is 41.4 Å². The van der Waals surface area contributed by atoms with Crippen LogP contribution in [-0.4, -0.2) is 63.2 Å². The summed E-state index contributed by atoms with van der Waals surface area (Å²) in [4.78, 5) is 16.6. The van der Waals surface area contributed by atoms with Crippen molar-refractivity contribution < 1.29 is 9.90 Å². The van der Waals surface area contributed by atoms with Gasteiger partial charge in [0.1, 0.15) is 5.52 Å². The van der Waals surface area contributed by atoms with Crippen molar-refractivity contribution in [2.45, 2.75) is 65.0 Å². The first kappa shape index (κ1) is 26.9. The molecular formula is C30H37Cl2N5O2. The minimum atomic E-state index is -0.646. The maximum Gasteiger partial charge on any atom is 0.309 e. The second kappa shape index (κ2) is 10.2. The van der Waals surface area contributed by atoms with Crippen molar-refractivity contribution in [1.29, 1.82) is 0 Å². The molecule has 1 aromatic heterocycles. The van der Waals surface area contributed by atoms with Gasteiger partial charge in [0.25, 0.3) is 0 Å². The van der Waals surface area contributed by atoms with Crippen molar-refractivity contribution in [2.75, 3.05) is 31.1 Å². The SMILES string of the molecule is CCc1cc(N2CC([C@H]3CCCN(C4CC(C)(C(=O)O)C4)C3)C2)cc2c1nnn2[C@H](C)c1ccc(Cl)cc1Cl. The van der Waals surface area contributed by atoms with E-state index in [9.17, 15) is 9.90 Å². The number of aryl methyl sites for hydroxylation is 1. The number of hydrogen-bond acceptors (Lipinski definition) is 5. The highest BCUT2D eigenvalue weighted by Crippen LogP contribution is 2.45. The number of aliphatic carboxylic acids is 1. The predicted octanol–water partition coefficient (Wildman–Crippen LogP) is 6.31. The lowest BCUT2D eigenvalue weighted by Crippen LogP contribution is -2.58. The van der Waals surface area contributed by atoms with Crippen LogP contribution in [0.3, 0.4) is 0 Å². The van der Waals surface area contributed by atoms with E-state index in [1.54, 1.807) is 6.07 Å². The molecule has 1 N–H and O–H groups in total. The Kier molecular flexibility index (Phi) is 7.05. The van der Waals surface area contributed by atoms with Gasteiger partial charge in [0.2, 0.25) is 0 Å². The molecule has 9 heteroatoms. The average molecular weight is 571 g/mol. The smallest absolute Gasteiger partial charge is 0.309 e. The minimum absolute atomic E-state index is 0.0772. The van der Waals surface area contributed by atoms with Gasteiger partial charge in [0.15, 0.2) is 0 Å². The van der Waals surface area contributed by atoms with Crippen molar-refractivity contribution in [2.24, 2.45) is 17.3 Å². The van der Waals surface area contributed by atoms with Gasteiger partial charge in [-0.25, -0.2) is 4.68 Å². The Balaban J connectivity index is 1.16. The monoisotopic (exact) mass is 569 g/mol. The molecule has 0 bridgehead atoms. The summed E-state index contributed by atoms with van der Waals surface area (Å²) in [6.07, 6.45) is 4.95. The lowest BCUT2D eigenvalue weighted by atomic mass is 9.65. The molecule has 0 amide bonds. The van der Waals surface area contributed by atoms with Crippen LogP contribution in [0.5, 0.6) is 0 Å². The number of carbonyl (C=O) groups is 1. The van der Waals surface area contributed by atoms with Gasteiger partial charge < -0.3 is 14.9 Å². The summed E-state index contributed by atoms with van der Waals surface area (Å²) in [6.45, 7) is 10.5. The molecule has 6 rings (SSSR count). The number of anilines is 1. The lowest BCUT2D eigenvalue weighted by molar-refractivity contribution is -0.158. The summed E-state index contributed by atoms with van der Waals surface area (Å²) < 4.78 is 1.98. The zero-order valence-electron chi connectivity index (χ0n) is 22.9. The summed E-state index contributed by atoms with van der Waals surface area (Å²) in [5.74, 6) is 0.710. The Morgan fingerprint density at radius 3 is 2.62 bits per heavy atom. The number of carboxylic acids is 1. The summed E-state index contributed by atoms with van der Waals surface area (Å²) >= 11 is 12.7. The van der Waals surface area contributed by atoms with Gasteiger partial charge >= 0.3 is 5.97 Å². The summed E-state index contributed by atoms with van der Waals surface area (Å²) in [6, 6.07) is 10.5. The van der Waals surface area contributed by atoms with E-state index in [4.69, 9.17) is 23.2 Å². The molecule has 1 saturated carbocycles. The zero-order valence-corrected chi connectivity index (χ0v) is 24.4. The fourth-order valence-electron chi connectivity index (χ4n) is 6.99. The third-order valence-electron chi connectivity index (χ3n) is 9.64. The molecule has 3 heterocycles. The first-order valence-corrected chi connectivity index (χ1v) is 15.0. The van der Waals surface area contributed by atoms with Crippen LogP contribution in [0.1, 0.15) is 63.6 Å². The number of likely N-dealkylation sites (tertiary alicyclic amines) is 1. The van der Waals surface area contributed by atoms with E-state index in [0.717, 1.165) is 62.0 Å². The van der Waals surface area contributed by atoms with Crippen LogP contribution in [0.15, 0.2) is 30.3 Å². The molecule has 0 unspecified atom stereocenters. The molecule has 0 radical (unpaired) electrons. The zero-order chi connectivity index (χ0) is 27.5. The first-order chi connectivity index (χ1) is 18.7. The van der Waals surface area contributed by atoms with Crippen LogP contribution < -0.4 is 4.90 Å². The molecule has 2 atom stereocenters. The summed E-state index contributed by atoms with van der Waals surface area (Å²) in [5, 5.41) is 19.9. The maximum atomic E-state index is 11.6. The second-order valence-corrected chi connectivity index (χ2v) is 13.0. The largest absolute Gasteiger partial charge is 0.481 e. The molecule has 39 heavy (non-hydrogen) atoms. The molecule has 3 aliphatic rings. The van der Waals surface area contributed by atoms with Crippen LogP contribution in [0.4, 0.5) is 5.69 Å². The third-order valence-corrected chi connectivity index (χ3v) is 10.2. The second-order valence-electron chi connectivity index (χ2n) is 12.2. The average Bonchev–Trinajstić information content (AvgIpc) is 3.29. The Labute approximate surface area is 240 Å². The normalized spacial score (nSPS) is 26.8. The number of aromatic nitrogens is 3. The van der Waals surface area contributed by atoms with Crippen molar-refractivity contribution >= 4 is 45.9 Å². The highest BCUT2D eigenvalue weighted by molar-refractivity contribution is 6.35. The molecule has 0 spiro atoms. The van der Waals surface area contributed by atoms with Crippen molar-refractivity contribution in [3.63, 3.8) is 0 Å². The van der Waals surface area contributed by atoms with E-state index in [2.05, 4.69) is 46.1 Å². The quantitative estimate of drug-likeness (QED) is 0.359. The van der Waals surface area contributed by atoms with Crippen molar-refractivity contribution in [3.8, 4) is 0 Å². The number of rotatable bonds is 7. The van der Waals surface area contributed by atoms with Gasteiger partial charge in [-0.05, 0) is 99.7 Å². The highest BCUT2D eigenvalue weighted by Gasteiger charge is 2.49. The highest BCUT2D eigenvalue weighted by atomic mass is 35.5. The third kappa shape index (κ3) is 4.81. The fourth-order valence-corrected chi connectivity index (χ4v) is 7.56. The van der Waals surface area contributed by atoms with Crippen LogP contribution in [-0.2, 0) is 11.2 Å². The Morgan fingerprint density at radius 2 is 1.92 bits per heavy atom. The molecule has 7 nitrogen and oxygen atoms in total. The number of halogens is 2. The molecule has 2 saturated heterocycles. The number of carboxylic acid groups (broad SMARTS) is 1. The van der Waals surface area contributed by atoms with E-state index >= 15 is 0 Å². The van der Waals surface area contributed by atoms with Gasteiger partial charge in [0.05, 0.1) is 17.0 Å². The fraction of sp³-hybridized carbons (Fsp3) is 0.567. The molecule has 1 aliphatic carbocycles. The Morgan fingerprint density at radius 1 is 1.15 bits per heavy atom. The van der Waals surface area contributed by atoms with Gasteiger partial charge in [-0.3, -0.25) is 4.79 Å². The molecule has 3 fully saturated rings. The van der Waals surface area contributed by atoms with Crippen molar-refractivity contribution in [3.05, 3.63) is 51.5 Å².